The third-order valence-corrected chi connectivity index (χ3v) is 2.96. The Kier molecular flexibility index (Phi) is 6.15. The molecule has 0 heterocycles. The number of carboxylic acids is 1. The van der Waals surface area contributed by atoms with Gasteiger partial charge in [0.15, 0.2) is 0 Å². The first-order valence-corrected chi connectivity index (χ1v) is 6.85. The number of benzene rings is 1. The van der Waals surface area contributed by atoms with Crippen molar-refractivity contribution in [2.24, 2.45) is 0 Å². The molecule has 98 valence electrons. The Bertz CT molecular complexity index is 422. The van der Waals surface area contributed by atoms with Crippen LogP contribution in [0.15, 0.2) is 24.3 Å². The third kappa shape index (κ3) is 5.06. The Morgan fingerprint density at radius 3 is 2.44 bits per heavy atom. The van der Waals surface area contributed by atoms with Gasteiger partial charge in [-0.25, -0.2) is 4.79 Å². The highest BCUT2D eigenvalue weighted by molar-refractivity contribution is 9.09. The average Bonchev–Trinajstić information content (AvgIpc) is 2.31. The molecule has 4 nitrogen and oxygen atoms in total. The van der Waals surface area contributed by atoms with E-state index in [-0.39, 0.29) is 18.7 Å². The molecule has 18 heavy (non-hydrogen) atoms. The minimum atomic E-state index is -1.05. The number of nitrogens with one attached hydrogen (secondary N) is 1. The fourth-order valence-electron chi connectivity index (χ4n) is 1.41. The lowest BCUT2D eigenvalue weighted by Gasteiger charge is -2.14. The van der Waals surface area contributed by atoms with E-state index < -0.39 is 12.0 Å². The summed E-state index contributed by atoms with van der Waals surface area (Å²) < 4.78 is 0. The van der Waals surface area contributed by atoms with Gasteiger partial charge >= 0.3 is 5.97 Å². The summed E-state index contributed by atoms with van der Waals surface area (Å²) in [4.78, 5) is 22.4. The van der Waals surface area contributed by atoms with Crippen molar-refractivity contribution in [2.45, 2.75) is 18.9 Å². The summed E-state index contributed by atoms with van der Waals surface area (Å²) in [6.45, 7) is 0. The molecule has 0 aliphatic carbocycles. The van der Waals surface area contributed by atoms with E-state index in [4.69, 9.17) is 16.7 Å². The summed E-state index contributed by atoms with van der Waals surface area (Å²) in [5.41, 5.74) is 0.811. The molecule has 1 aromatic rings. The third-order valence-electron chi connectivity index (χ3n) is 2.31. The van der Waals surface area contributed by atoms with E-state index in [2.05, 4.69) is 21.2 Å². The molecule has 0 radical (unpaired) electrons. The molecule has 0 aromatic heterocycles. The number of hydrogen-bond acceptors (Lipinski definition) is 2. The fraction of sp³-hybridized carbons (Fsp3) is 0.333. The maximum atomic E-state index is 11.4. The second kappa shape index (κ2) is 7.38. The maximum absolute atomic E-state index is 11.4. The van der Waals surface area contributed by atoms with Gasteiger partial charge in [-0.15, -0.1) is 0 Å². The van der Waals surface area contributed by atoms with Crippen LogP contribution in [0.5, 0.6) is 0 Å². The van der Waals surface area contributed by atoms with Gasteiger partial charge in [0.05, 0.1) is 0 Å². The molecular formula is C12H13BrClNO3. The van der Waals surface area contributed by atoms with Crippen LogP contribution in [-0.4, -0.2) is 28.4 Å². The SMILES string of the molecule is O=C(CCBr)N[C@H](Cc1ccc(Cl)cc1)C(=O)O. The Labute approximate surface area is 118 Å². The van der Waals surface area contributed by atoms with Crippen LogP contribution in [-0.2, 0) is 16.0 Å². The molecule has 1 atom stereocenters. The molecule has 0 unspecified atom stereocenters. The first-order valence-electron chi connectivity index (χ1n) is 5.35. The molecule has 1 amide bonds. The molecule has 0 aliphatic heterocycles. The number of carbonyl (C=O) groups is 2. The molecule has 1 aromatic carbocycles. The normalized spacial score (nSPS) is 11.9. The molecule has 6 heteroatoms. The smallest absolute Gasteiger partial charge is 0.326 e. The van der Waals surface area contributed by atoms with E-state index in [9.17, 15) is 9.59 Å². The van der Waals surface area contributed by atoms with Gasteiger partial charge in [-0.1, -0.05) is 39.7 Å². The lowest BCUT2D eigenvalue weighted by molar-refractivity contribution is -0.141. The van der Waals surface area contributed by atoms with Crippen molar-refractivity contribution in [3.05, 3.63) is 34.9 Å². The fourth-order valence-corrected chi connectivity index (χ4v) is 1.89. The minimum absolute atomic E-state index is 0.237. The van der Waals surface area contributed by atoms with E-state index in [0.717, 1.165) is 5.56 Å². The van der Waals surface area contributed by atoms with Gasteiger partial charge in [0.25, 0.3) is 0 Å². The highest BCUT2D eigenvalue weighted by Crippen LogP contribution is 2.11. The molecule has 0 spiro atoms. The molecule has 0 fully saturated rings. The number of carboxylic acid groups (broad SMARTS) is 1. The number of aliphatic carboxylic acids is 1. The van der Waals surface area contributed by atoms with Crippen LogP contribution in [0.25, 0.3) is 0 Å². The predicted octanol–water partition coefficient (Wildman–Crippen LogP) is 2.24. The lowest BCUT2D eigenvalue weighted by atomic mass is 10.1. The van der Waals surface area contributed by atoms with Gasteiger partial charge in [-0.3, -0.25) is 4.79 Å². The van der Waals surface area contributed by atoms with Crippen molar-refractivity contribution in [1.29, 1.82) is 0 Å². The molecule has 1 rings (SSSR count). The molecule has 0 saturated heterocycles. The van der Waals surface area contributed by atoms with E-state index in [1.54, 1.807) is 24.3 Å². The van der Waals surface area contributed by atoms with E-state index in [0.29, 0.717) is 10.4 Å². The first-order chi connectivity index (χ1) is 8.52. The lowest BCUT2D eigenvalue weighted by Crippen LogP contribution is -2.42. The van der Waals surface area contributed by atoms with Gasteiger partial charge in [0.1, 0.15) is 6.04 Å². The maximum Gasteiger partial charge on any atom is 0.326 e. The van der Waals surface area contributed by atoms with Crippen LogP contribution in [0.3, 0.4) is 0 Å². The number of hydrogen-bond donors (Lipinski definition) is 2. The van der Waals surface area contributed by atoms with Crippen LogP contribution in [0, 0.1) is 0 Å². The van der Waals surface area contributed by atoms with Crippen LogP contribution < -0.4 is 5.32 Å². The second-order valence-electron chi connectivity index (χ2n) is 3.73. The highest BCUT2D eigenvalue weighted by atomic mass is 79.9. The largest absolute Gasteiger partial charge is 0.480 e. The van der Waals surface area contributed by atoms with Crippen molar-refractivity contribution in [3.63, 3.8) is 0 Å². The highest BCUT2D eigenvalue weighted by Gasteiger charge is 2.19. The zero-order chi connectivity index (χ0) is 13.5. The van der Waals surface area contributed by atoms with Crippen molar-refractivity contribution in [3.8, 4) is 0 Å². The average molecular weight is 335 g/mol. The number of rotatable bonds is 6. The molecule has 0 saturated carbocycles. The molecule has 0 bridgehead atoms. The summed E-state index contributed by atoms with van der Waals surface area (Å²) in [6.07, 6.45) is 0.491. The van der Waals surface area contributed by atoms with E-state index in [1.807, 2.05) is 0 Å². The van der Waals surface area contributed by atoms with Gasteiger partial charge in [-0.2, -0.15) is 0 Å². The van der Waals surface area contributed by atoms with Crippen LogP contribution in [0.1, 0.15) is 12.0 Å². The van der Waals surface area contributed by atoms with Gasteiger partial charge < -0.3 is 10.4 Å². The zero-order valence-electron chi connectivity index (χ0n) is 9.53. The topological polar surface area (TPSA) is 66.4 Å². The standard InChI is InChI=1S/C12H13BrClNO3/c13-6-5-11(16)15-10(12(17)18)7-8-1-3-9(14)4-2-8/h1-4,10H,5-7H2,(H,15,16)(H,17,18)/t10-/m1/s1. The van der Waals surface area contributed by atoms with Crippen molar-refractivity contribution in [1.82, 2.24) is 5.32 Å². The van der Waals surface area contributed by atoms with E-state index in [1.165, 1.54) is 0 Å². The van der Waals surface area contributed by atoms with Crippen molar-refractivity contribution >= 4 is 39.4 Å². The number of alkyl halides is 1. The van der Waals surface area contributed by atoms with Crippen LogP contribution in [0.4, 0.5) is 0 Å². The van der Waals surface area contributed by atoms with Crippen molar-refractivity contribution in [2.75, 3.05) is 5.33 Å². The number of carbonyl (C=O) groups excluding carboxylic acids is 1. The summed E-state index contributed by atoms with van der Waals surface area (Å²) in [5.74, 6) is -1.33. The Morgan fingerprint density at radius 2 is 1.94 bits per heavy atom. The summed E-state index contributed by atoms with van der Waals surface area (Å²) in [7, 11) is 0. The van der Waals surface area contributed by atoms with Gasteiger partial charge in [0.2, 0.25) is 5.91 Å². The second-order valence-corrected chi connectivity index (χ2v) is 4.96. The number of halogens is 2. The molecule has 0 aliphatic rings. The van der Waals surface area contributed by atoms with E-state index >= 15 is 0 Å². The summed E-state index contributed by atoms with van der Waals surface area (Å²) >= 11 is 8.87. The minimum Gasteiger partial charge on any atom is -0.480 e. The van der Waals surface area contributed by atoms with Crippen LogP contribution >= 0.6 is 27.5 Å². The van der Waals surface area contributed by atoms with Gasteiger partial charge in [0, 0.05) is 23.2 Å². The quantitative estimate of drug-likeness (QED) is 0.784. The summed E-state index contributed by atoms with van der Waals surface area (Å²) in [5, 5.41) is 12.6. The van der Waals surface area contributed by atoms with Crippen LogP contribution in [0.2, 0.25) is 5.02 Å². The monoisotopic (exact) mass is 333 g/mol. The Balaban J connectivity index is 2.65. The summed E-state index contributed by atoms with van der Waals surface area (Å²) in [6, 6.07) is 5.95. The predicted molar refractivity (Wildman–Crippen MR) is 73.1 cm³/mol. The Morgan fingerprint density at radius 1 is 1.33 bits per heavy atom. The first kappa shape index (κ1) is 15.0. The molecule has 2 N–H and O–H groups in total. The molecular weight excluding hydrogens is 321 g/mol. The van der Waals surface area contributed by atoms with Crippen molar-refractivity contribution < 1.29 is 14.7 Å². The zero-order valence-corrected chi connectivity index (χ0v) is 11.9. The number of amides is 1. The Hall–Kier alpha value is -1.07. The van der Waals surface area contributed by atoms with Gasteiger partial charge in [-0.05, 0) is 17.7 Å².